The number of fused-ring (bicyclic) bond motifs is 1. The molecule has 1 N–H and O–H groups in total. The number of nitriles is 1. The summed E-state index contributed by atoms with van der Waals surface area (Å²) in [5.74, 6) is -0.578. The second kappa shape index (κ2) is 13.5. The number of halogens is 4. The minimum absolute atomic E-state index is 0.0399. The zero-order chi connectivity index (χ0) is 34.9. The Hall–Kier alpha value is -5.54. The second-order valence-corrected chi connectivity index (χ2v) is 11.9. The third-order valence-corrected chi connectivity index (χ3v) is 8.72. The summed E-state index contributed by atoms with van der Waals surface area (Å²) in [6.07, 6.45) is -4.80. The number of aromatic carboxylic acids is 1. The van der Waals surface area contributed by atoms with Crippen LogP contribution in [0, 0.1) is 18.3 Å². The molecule has 2 heterocycles. The van der Waals surface area contributed by atoms with Crippen molar-refractivity contribution in [3.63, 3.8) is 0 Å². The van der Waals surface area contributed by atoms with E-state index in [0.717, 1.165) is 11.8 Å². The summed E-state index contributed by atoms with van der Waals surface area (Å²) >= 11 is 6.24. The number of benzene rings is 4. The monoisotopic (exact) mass is 687 g/mol. The highest BCUT2D eigenvalue weighted by atomic mass is 35.5. The van der Waals surface area contributed by atoms with Crippen LogP contribution in [-0.2, 0) is 12.7 Å². The molecule has 0 radical (unpaired) electrons. The SMILES string of the molecule is Cc1nc2cc(C(F)(F)F)c(N3CCN(c4ccccc4)CC3)c(C#N)c2c(=O)n1CCOc1ccc(Cl)cc1-c1cccc(C(=O)O)c1. The molecule has 4 aromatic carbocycles. The molecule has 1 aliphatic heterocycles. The van der Waals surface area contributed by atoms with Gasteiger partial charge in [0.2, 0.25) is 0 Å². The van der Waals surface area contributed by atoms with E-state index in [2.05, 4.69) is 9.88 Å². The van der Waals surface area contributed by atoms with Gasteiger partial charge in [0, 0.05) is 42.5 Å². The maximum atomic E-state index is 14.5. The average Bonchev–Trinajstić information content (AvgIpc) is 3.09. The number of hydrogen-bond donors (Lipinski definition) is 1. The maximum Gasteiger partial charge on any atom is 0.418 e. The fraction of sp³-hybridized carbons (Fsp3) is 0.222. The second-order valence-electron chi connectivity index (χ2n) is 11.5. The van der Waals surface area contributed by atoms with E-state index in [-0.39, 0.29) is 59.8 Å². The van der Waals surface area contributed by atoms with Crippen LogP contribution in [0.2, 0.25) is 5.02 Å². The third kappa shape index (κ3) is 6.75. The van der Waals surface area contributed by atoms with Crippen molar-refractivity contribution < 1.29 is 27.8 Å². The average molecular weight is 688 g/mol. The molecule has 5 aromatic rings. The van der Waals surface area contributed by atoms with Crippen LogP contribution in [0.1, 0.15) is 27.3 Å². The molecular weight excluding hydrogens is 659 g/mol. The predicted octanol–water partition coefficient (Wildman–Crippen LogP) is 7.02. The topological polar surface area (TPSA) is 112 Å². The fourth-order valence-corrected chi connectivity index (χ4v) is 6.32. The van der Waals surface area contributed by atoms with Gasteiger partial charge in [0.1, 0.15) is 24.3 Å². The largest absolute Gasteiger partial charge is 0.491 e. The van der Waals surface area contributed by atoms with E-state index in [1.165, 1.54) is 28.5 Å². The number of piperazine rings is 1. The lowest BCUT2D eigenvalue weighted by Gasteiger charge is -2.38. The number of nitrogens with zero attached hydrogens (tertiary/aromatic N) is 5. The molecule has 0 bridgehead atoms. The number of aromatic nitrogens is 2. The normalized spacial score (nSPS) is 13.4. The molecule has 0 spiro atoms. The van der Waals surface area contributed by atoms with Crippen LogP contribution < -0.4 is 20.1 Å². The number of aryl methyl sites for hydroxylation is 1. The molecule has 0 saturated carbocycles. The summed E-state index contributed by atoms with van der Waals surface area (Å²) in [7, 11) is 0. The molecule has 0 atom stereocenters. The molecule has 0 amide bonds. The molecule has 49 heavy (non-hydrogen) atoms. The number of anilines is 2. The van der Waals surface area contributed by atoms with Gasteiger partial charge in [-0.05, 0) is 61.0 Å². The van der Waals surface area contributed by atoms with Gasteiger partial charge in [-0.15, -0.1) is 0 Å². The molecule has 6 rings (SSSR count). The van der Waals surface area contributed by atoms with E-state index in [1.807, 2.05) is 36.4 Å². The van der Waals surface area contributed by atoms with Crippen LogP contribution in [-0.4, -0.2) is 53.4 Å². The summed E-state index contributed by atoms with van der Waals surface area (Å²) in [5.41, 5.74) is -0.486. The molecule has 0 unspecified atom stereocenters. The summed E-state index contributed by atoms with van der Waals surface area (Å²) in [6.45, 7) is 2.66. The number of rotatable bonds is 8. The Bertz CT molecular complexity index is 2160. The van der Waals surface area contributed by atoms with Crippen molar-refractivity contribution in [3.05, 3.63) is 117 Å². The Morgan fingerprint density at radius 1 is 1.00 bits per heavy atom. The number of hydrogen-bond acceptors (Lipinski definition) is 7. The molecule has 1 aliphatic rings. The van der Waals surface area contributed by atoms with E-state index < -0.39 is 23.3 Å². The highest BCUT2D eigenvalue weighted by Gasteiger charge is 2.39. The molecule has 1 saturated heterocycles. The first-order valence-electron chi connectivity index (χ1n) is 15.3. The number of ether oxygens (including phenoxy) is 1. The molecule has 9 nitrogen and oxygen atoms in total. The molecule has 1 fully saturated rings. The maximum absolute atomic E-state index is 14.5. The van der Waals surface area contributed by atoms with Gasteiger partial charge >= 0.3 is 12.1 Å². The van der Waals surface area contributed by atoms with E-state index >= 15 is 0 Å². The van der Waals surface area contributed by atoms with Gasteiger partial charge in [0.05, 0.1) is 39.8 Å². The summed E-state index contributed by atoms with van der Waals surface area (Å²) in [6, 6.07) is 23.4. The van der Waals surface area contributed by atoms with E-state index in [1.54, 1.807) is 30.3 Å². The van der Waals surface area contributed by atoms with Crippen molar-refractivity contribution in [2.45, 2.75) is 19.6 Å². The molecule has 1 aromatic heterocycles. The van der Waals surface area contributed by atoms with E-state index in [0.29, 0.717) is 35.0 Å². The van der Waals surface area contributed by atoms with Crippen molar-refractivity contribution in [2.75, 3.05) is 42.6 Å². The lowest BCUT2D eigenvalue weighted by Crippen LogP contribution is -2.47. The van der Waals surface area contributed by atoms with Crippen LogP contribution in [0.15, 0.2) is 83.7 Å². The van der Waals surface area contributed by atoms with E-state index in [4.69, 9.17) is 16.3 Å². The van der Waals surface area contributed by atoms with Gasteiger partial charge in [-0.25, -0.2) is 9.78 Å². The number of carboxylic acid groups (broad SMARTS) is 1. The van der Waals surface area contributed by atoms with Crippen LogP contribution in [0.3, 0.4) is 0 Å². The highest BCUT2D eigenvalue weighted by Crippen LogP contribution is 2.42. The minimum Gasteiger partial charge on any atom is -0.491 e. The van der Waals surface area contributed by atoms with Gasteiger partial charge in [-0.1, -0.05) is 41.9 Å². The Morgan fingerprint density at radius 2 is 1.71 bits per heavy atom. The summed E-state index contributed by atoms with van der Waals surface area (Å²) < 4.78 is 50.9. The first kappa shape index (κ1) is 33.4. The molecular formula is C36H29ClF3N5O4. The lowest BCUT2D eigenvalue weighted by atomic mass is 10.00. The Kier molecular flexibility index (Phi) is 9.21. The number of para-hydroxylation sites is 1. The van der Waals surface area contributed by atoms with Crippen LogP contribution in [0.25, 0.3) is 22.0 Å². The number of carboxylic acids is 1. The Labute approximate surface area is 284 Å². The van der Waals surface area contributed by atoms with Gasteiger partial charge in [0.15, 0.2) is 0 Å². The van der Waals surface area contributed by atoms with E-state index in [9.17, 15) is 33.1 Å². The first-order valence-corrected chi connectivity index (χ1v) is 15.7. The van der Waals surface area contributed by atoms with Crippen molar-refractivity contribution in [1.29, 1.82) is 5.26 Å². The van der Waals surface area contributed by atoms with Crippen LogP contribution >= 0.6 is 11.6 Å². The fourth-order valence-electron chi connectivity index (χ4n) is 6.14. The van der Waals surface area contributed by atoms with Gasteiger partial charge in [-0.2, -0.15) is 18.4 Å². The zero-order valence-electron chi connectivity index (χ0n) is 26.2. The molecule has 13 heteroatoms. The quantitative estimate of drug-likeness (QED) is 0.185. The minimum atomic E-state index is -4.80. The first-order chi connectivity index (χ1) is 23.5. The summed E-state index contributed by atoms with van der Waals surface area (Å²) in [4.78, 5) is 33.4. The van der Waals surface area contributed by atoms with Crippen molar-refractivity contribution in [3.8, 4) is 22.9 Å². The zero-order valence-corrected chi connectivity index (χ0v) is 26.9. The highest BCUT2D eigenvalue weighted by molar-refractivity contribution is 6.31. The Balaban J connectivity index is 1.33. The number of carbonyl (C=O) groups is 1. The lowest BCUT2D eigenvalue weighted by molar-refractivity contribution is -0.137. The van der Waals surface area contributed by atoms with Crippen molar-refractivity contribution in [1.82, 2.24) is 9.55 Å². The summed E-state index contributed by atoms with van der Waals surface area (Å²) in [5, 5.41) is 19.9. The molecule has 0 aliphatic carbocycles. The van der Waals surface area contributed by atoms with Gasteiger partial charge in [-0.3, -0.25) is 9.36 Å². The van der Waals surface area contributed by atoms with Crippen molar-refractivity contribution >= 4 is 39.8 Å². The predicted molar refractivity (Wildman–Crippen MR) is 181 cm³/mol. The molecule has 250 valence electrons. The van der Waals surface area contributed by atoms with Crippen molar-refractivity contribution in [2.24, 2.45) is 0 Å². The standard InChI is InChI=1S/C36H29ClF3N5O4/c1-22-42-30-20-29(36(38,39)40)33(44-14-12-43(13-15-44)26-8-3-2-4-9-26)28(21-41)32(30)34(46)45(22)16-17-49-31-11-10-25(37)19-27(31)23-6-5-7-24(18-23)35(47)48/h2-11,18-20H,12-17H2,1H3,(H,47,48). The van der Waals surface area contributed by atoms with Gasteiger partial charge < -0.3 is 19.6 Å². The smallest absolute Gasteiger partial charge is 0.418 e. The van der Waals surface area contributed by atoms with Crippen LogP contribution in [0.5, 0.6) is 5.75 Å². The van der Waals surface area contributed by atoms with Gasteiger partial charge in [0.25, 0.3) is 5.56 Å². The third-order valence-electron chi connectivity index (χ3n) is 8.48. The number of alkyl halides is 3. The Morgan fingerprint density at radius 3 is 2.39 bits per heavy atom. The van der Waals surface area contributed by atoms with Crippen LogP contribution in [0.4, 0.5) is 24.5 Å².